The third-order valence-electron chi connectivity index (χ3n) is 3.32. The minimum absolute atomic E-state index is 0.322. The quantitative estimate of drug-likeness (QED) is 0.655. The van der Waals surface area contributed by atoms with Gasteiger partial charge in [0.1, 0.15) is 10.8 Å². The minimum atomic E-state index is -0.322. The Morgan fingerprint density at radius 1 is 1.35 bits per heavy atom. The number of halogens is 2. The first-order chi connectivity index (χ1) is 9.54. The summed E-state index contributed by atoms with van der Waals surface area (Å²) < 4.78 is 2.13. The zero-order valence-electron chi connectivity index (χ0n) is 11.1. The van der Waals surface area contributed by atoms with Crippen LogP contribution < -0.4 is 0 Å². The molecule has 0 radical (unpaired) electrons. The normalized spacial score (nSPS) is 12.2. The molecule has 0 amide bonds. The molecule has 0 fully saturated rings. The number of alkyl halides is 1. The SMILES string of the molecule is CC(C)(c1nccs1)n1c(CCl)nc2ccc(Cl)cc21. The smallest absolute Gasteiger partial charge is 0.125 e. The van der Waals surface area contributed by atoms with Crippen molar-refractivity contribution in [3.63, 3.8) is 0 Å². The molecule has 2 aromatic heterocycles. The summed E-state index contributed by atoms with van der Waals surface area (Å²) in [5.41, 5.74) is 1.56. The van der Waals surface area contributed by atoms with Crippen molar-refractivity contribution in [2.24, 2.45) is 0 Å². The Morgan fingerprint density at radius 2 is 2.15 bits per heavy atom. The van der Waals surface area contributed by atoms with Crippen LogP contribution in [0.4, 0.5) is 0 Å². The van der Waals surface area contributed by atoms with Gasteiger partial charge in [-0.05, 0) is 32.0 Å². The van der Waals surface area contributed by atoms with Crippen LogP contribution in [0.5, 0.6) is 0 Å². The number of thiazole rings is 1. The lowest BCUT2D eigenvalue weighted by Crippen LogP contribution is -2.29. The molecule has 3 aromatic rings. The maximum absolute atomic E-state index is 6.13. The van der Waals surface area contributed by atoms with E-state index in [1.807, 2.05) is 29.8 Å². The van der Waals surface area contributed by atoms with Gasteiger partial charge in [0.15, 0.2) is 0 Å². The summed E-state index contributed by atoms with van der Waals surface area (Å²) in [5.74, 6) is 1.17. The van der Waals surface area contributed by atoms with Crippen LogP contribution in [0, 0.1) is 0 Å². The molecule has 104 valence electrons. The van der Waals surface area contributed by atoms with E-state index in [2.05, 4.69) is 28.4 Å². The van der Waals surface area contributed by atoms with E-state index in [1.54, 1.807) is 11.3 Å². The number of benzene rings is 1. The fourth-order valence-corrected chi connectivity index (χ4v) is 3.53. The Morgan fingerprint density at radius 3 is 2.80 bits per heavy atom. The Balaban J connectivity index is 2.31. The van der Waals surface area contributed by atoms with Crippen molar-refractivity contribution in [1.82, 2.24) is 14.5 Å². The first-order valence-corrected chi connectivity index (χ1v) is 7.96. The van der Waals surface area contributed by atoms with Gasteiger partial charge in [-0.2, -0.15) is 0 Å². The van der Waals surface area contributed by atoms with Gasteiger partial charge in [0.25, 0.3) is 0 Å². The lowest BCUT2D eigenvalue weighted by atomic mass is 10.1. The number of aromatic nitrogens is 3. The topological polar surface area (TPSA) is 30.7 Å². The number of imidazole rings is 1. The molecule has 2 heterocycles. The van der Waals surface area contributed by atoms with E-state index in [1.165, 1.54) is 0 Å². The summed E-state index contributed by atoms with van der Waals surface area (Å²) in [7, 11) is 0. The molecule has 0 aliphatic heterocycles. The monoisotopic (exact) mass is 325 g/mol. The van der Waals surface area contributed by atoms with Crippen LogP contribution in [0.25, 0.3) is 11.0 Å². The van der Waals surface area contributed by atoms with E-state index in [0.717, 1.165) is 21.9 Å². The molecule has 3 nitrogen and oxygen atoms in total. The first-order valence-electron chi connectivity index (χ1n) is 6.17. The molecular formula is C14H13Cl2N3S. The molecule has 0 spiro atoms. The molecule has 0 aliphatic rings. The highest BCUT2D eigenvalue weighted by atomic mass is 35.5. The van der Waals surface area contributed by atoms with E-state index < -0.39 is 0 Å². The number of fused-ring (bicyclic) bond motifs is 1. The summed E-state index contributed by atoms with van der Waals surface area (Å²) in [4.78, 5) is 9.04. The van der Waals surface area contributed by atoms with Gasteiger partial charge < -0.3 is 4.57 Å². The van der Waals surface area contributed by atoms with Gasteiger partial charge in [0, 0.05) is 16.6 Å². The van der Waals surface area contributed by atoms with Crippen molar-refractivity contribution >= 4 is 45.6 Å². The highest BCUT2D eigenvalue weighted by Gasteiger charge is 2.30. The predicted octanol–water partition coefficient (Wildman–Crippen LogP) is 4.67. The molecule has 0 saturated carbocycles. The molecule has 0 saturated heterocycles. The average molecular weight is 326 g/mol. The van der Waals surface area contributed by atoms with E-state index in [-0.39, 0.29) is 5.54 Å². The van der Waals surface area contributed by atoms with Gasteiger partial charge in [-0.15, -0.1) is 22.9 Å². The zero-order valence-corrected chi connectivity index (χ0v) is 13.4. The van der Waals surface area contributed by atoms with Crippen LogP contribution in [-0.4, -0.2) is 14.5 Å². The first kappa shape index (κ1) is 13.9. The van der Waals surface area contributed by atoms with E-state index >= 15 is 0 Å². The van der Waals surface area contributed by atoms with Crippen molar-refractivity contribution in [2.75, 3.05) is 0 Å². The number of nitrogens with zero attached hydrogens (tertiary/aromatic N) is 3. The average Bonchev–Trinajstić information content (AvgIpc) is 3.05. The van der Waals surface area contributed by atoms with Crippen LogP contribution in [0.3, 0.4) is 0 Å². The Kier molecular flexibility index (Phi) is 3.48. The molecular weight excluding hydrogens is 313 g/mol. The number of hydrogen-bond donors (Lipinski definition) is 0. The Labute approximate surface area is 131 Å². The molecule has 1 aromatic carbocycles. The molecule has 0 bridgehead atoms. The third kappa shape index (κ3) is 2.12. The third-order valence-corrected chi connectivity index (χ3v) is 4.88. The van der Waals surface area contributed by atoms with Gasteiger partial charge in [-0.1, -0.05) is 11.6 Å². The summed E-state index contributed by atoms with van der Waals surface area (Å²) in [5, 5.41) is 3.68. The van der Waals surface area contributed by atoms with Crippen molar-refractivity contribution in [2.45, 2.75) is 25.3 Å². The second-order valence-electron chi connectivity index (χ2n) is 5.03. The Hall–Kier alpha value is -1.10. The molecule has 0 aliphatic carbocycles. The number of rotatable bonds is 3. The summed E-state index contributed by atoms with van der Waals surface area (Å²) in [6.45, 7) is 4.23. The predicted molar refractivity (Wildman–Crippen MR) is 84.8 cm³/mol. The van der Waals surface area contributed by atoms with Crippen LogP contribution in [0.1, 0.15) is 24.7 Å². The second kappa shape index (κ2) is 5.02. The highest BCUT2D eigenvalue weighted by Crippen LogP contribution is 2.33. The van der Waals surface area contributed by atoms with Gasteiger partial charge >= 0.3 is 0 Å². The molecule has 0 atom stereocenters. The largest absolute Gasteiger partial charge is 0.315 e. The molecule has 20 heavy (non-hydrogen) atoms. The van der Waals surface area contributed by atoms with Gasteiger partial charge in [0.2, 0.25) is 0 Å². The maximum Gasteiger partial charge on any atom is 0.125 e. The van der Waals surface area contributed by atoms with E-state index in [9.17, 15) is 0 Å². The van der Waals surface area contributed by atoms with Crippen molar-refractivity contribution in [3.05, 3.63) is 45.6 Å². The minimum Gasteiger partial charge on any atom is -0.315 e. The lowest BCUT2D eigenvalue weighted by Gasteiger charge is -2.27. The fourth-order valence-electron chi connectivity index (χ4n) is 2.43. The van der Waals surface area contributed by atoms with Gasteiger partial charge in [-0.25, -0.2) is 9.97 Å². The summed E-state index contributed by atoms with van der Waals surface area (Å²) in [6.07, 6.45) is 1.81. The maximum atomic E-state index is 6.13. The standard InChI is InChI=1S/C14H13Cl2N3S/c1-14(2,13-17-5-6-20-13)19-11-7-9(16)3-4-10(11)18-12(19)8-15/h3-7H,8H2,1-2H3. The molecule has 0 N–H and O–H groups in total. The highest BCUT2D eigenvalue weighted by molar-refractivity contribution is 7.09. The van der Waals surface area contributed by atoms with Crippen LogP contribution >= 0.6 is 34.5 Å². The lowest BCUT2D eigenvalue weighted by molar-refractivity contribution is 0.435. The van der Waals surface area contributed by atoms with Crippen LogP contribution in [-0.2, 0) is 11.4 Å². The van der Waals surface area contributed by atoms with Crippen LogP contribution in [0.15, 0.2) is 29.8 Å². The molecule has 3 rings (SSSR count). The van der Waals surface area contributed by atoms with Crippen LogP contribution in [0.2, 0.25) is 5.02 Å². The zero-order chi connectivity index (χ0) is 14.3. The van der Waals surface area contributed by atoms with E-state index in [4.69, 9.17) is 23.2 Å². The summed E-state index contributed by atoms with van der Waals surface area (Å²) in [6, 6.07) is 5.69. The van der Waals surface area contributed by atoms with Crippen molar-refractivity contribution in [1.29, 1.82) is 0 Å². The van der Waals surface area contributed by atoms with Gasteiger partial charge in [0.05, 0.1) is 22.5 Å². The fraction of sp³-hybridized carbons (Fsp3) is 0.286. The van der Waals surface area contributed by atoms with Gasteiger partial charge in [-0.3, -0.25) is 0 Å². The second-order valence-corrected chi connectivity index (χ2v) is 6.62. The van der Waals surface area contributed by atoms with Crippen molar-refractivity contribution in [3.8, 4) is 0 Å². The molecule has 6 heteroatoms. The van der Waals surface area contributed by atoms with Crippen molar-refractivity contribution < 1.29 is 0 Å². The number of hydrogen-bond acceptors (Lipinski definition) is 3. The Bertz CT molecular complexity index is 747. The van der Waals surface area contributed by atoms with E-state index in [0.29, 0.717) is 10.9 Å². The summed E-state index contributed by atoms with van der Waals surface area (Å²) >= 11 is 13.8. The molecule has 0 unspecified atom stereocenters.